The Morgan fingerprint density at radius 2 is 1.79 bits per heavy atom. The Morgan fingerprint density at radius 3 is 2.54 bits per heavy atom. The molecule has 6 nitrogen and oxygen atoms in total. The molecule has 1 aliphatic carbocycles. The molecule has 126 valence electrons. The number of ether oxygens (including phenoxy) is 2. The van der Waals surface area contributed by atoms with Crippen LogP contribution in [0.2, 0.25) is 0 Å². The zero-order valence-electron chi connectivity index (χ0n) is 14.0. The normalized spacial score (nSPS) is 25.5. The van der Waals surface area contributed by atoms with Gasteiger partial charge in [-0.1, -0.05) is 0 Å². The number of hydrogen-bond acceptors (Lipinski definition) is 6. The zero-order chi connectivity index (χ0) is 16.5. The SMILES string of the molecule is Cc1ncccc1Oc1ncnc(OC2C3CCC2CNC3)c1C. The maximum atomic E-state index is 6.29. The molecule has 2 aliphatic rings. The summed E-state index contributed by atoms with van der Waals surface area (Å²) in [6.07, 6.45) is 5.95. The van der Waals surface area contributed by atoms with Gasteiger partial charge in [0.15, 0.2) is 5.75 Å². The van der Waals surface area contributed by atoms with Gasteiger partial charge in [-0.05, 0) is 38.8 Å². The quantitative estimate of drug-likeness (QED) is 0.931. The van der Waals surface area contributed by atoms with E-state index in [-0.39, 0.29) is 6.10 Å². The third kappa shape index (κ3) is 2.82. The van der Waals surface area contributed by atoms with Gasteiger partial charge in [0, 0.05) is 31.1 Å². The highest BCUT2D eigenvalue weighted by atomic mass is 16.5. The van der Waals surface area contributed by atoms with Gasteiger partial charge < -0.3 is 14.8 Å². The van der Waals surface area contributed by atoms with Crippen molar-refractivity contribution in [1.82, 2.24) is 20.3 Å². The number of nitrogens with zero attached hydrogens (tertiary/aromatic N) is 3. The van der Waals surface area contributed by atoms with Crippen LogP contribution in [0.3, 0.4) is 0 Å². The van der Waals surface area contributed by atoms with Gasteiger partial charge in [-0.15, -0.1) is 0 Å². The van der Waals surface area contributed by atoms with Gasteiger partial charge in [0.2, 0.25) is 11.8 Å². The van der Waals surface area contributed by atoms with Crippen molar-refractivity contribution in [1.29, 1.82) is 0 Å². The number of hydrogen-bond donors (Lipinski definition) is 1. The molecule has 1 N–H and O–H groups in total. The lowest BCUT2D eigenvalue weighted by Crippen LogP contribution is -2.44. The molecule has 1 aliphatic heterocycles. The highest BCUT2D eigenvalue weighted by Crippen LogP contribution is 2.38. The van der Waals surface area contributed by atoms with E-state index < -0.39 is 0 Å². The Morgan fingerprint density at radius 1 is 1.04 bits per heavy atom. The number of pyridine rings is 1. The Bertz CT molecular complexity index is 721. The van der Waals surface area contributed by atoms with E-state index in [1.54, 1.807) is 6.20 Å². The number of fused-ring (bicyclic) bond motifs is 2. The average molecular weight is 326 g/mol. The second-order valence-corrected chi connectivity index (χ2v) is 6.64. The molecule has 4 rings (SSSR count). The number of aryl methyl sites for hydroxylation is 1. The molecule has 0 radical (unpaired) electrons. The molecule has 1 saturated carbocycles. The predicted octanol–water partition coefficient (Wildman–Crippen LogP) is 2.66. The minimum absolute atomic E-state index is 0.243. The van der Waals surface area contributed by atoms with E-state index in [1.165, 1.54) is 19.2 Å². The minimum Gasteiger partial charge on any atom is -0.473 e. The van der Waals surface area contributed by atoms with Gasteiger partial charge in [-0.2, -0.15) is 0 Å². The third-order valence-electron chi connectivity index (χ3n) is 5.05. The Balaban J connectivity index is 1.56. The Labute approximate surface area is 141 Å². The average Bonchev–Trinajstić information content (AvgIpc) is 2.81. The van der Waals surface area contributed by atoms with Crippen molar-refractivity contribution >= 4 is 0 Å². The lowest BCUT2D eigenvalue weighted by atomic mass is 9.96. The Hall–Kier alpha value is -2.21. The first-order valence-electron chi connectivity index (χ1n) is 8.51. The molecular formula is C18H22N4O2. The molecule has 2 aromatic rings. The summed E-state index contributed by atoms with van der Waals surface area (Å²) in [7, 11) is 0. The molecule has 24 heavy (non-hydrogen) atoms. The van der Waals surface area contributed by atoms with Crippen LogP contribution < -0.4 is 14.8 Å². The summed E-state index contributed by atoms with van der Waals surface area (Å²) in [5.74, 6) is 3.00. The zero-order valence-corrected chi connectivity index (χ0v) is 14.0. The summed E-state index contributed by atoms with van der Waals surface area (Å²) in [6, 6.07) is 3.74. The van der Waals surface area contributed by atoms with E-state index >= 15 is 0 Å². The van der Waals surface area contributed by atoms with E-state index in [0.717, 1.165) is 24.3 Å². The second-order valence-electron chi connectivity index (χ2n) is 6.64. The van der Waals surface area contributed by atoms with Crippen molar-refractivity contribution in [3.8, 4) is 17.5 Å². The number of nitrogens with one attached hydrogen (secondary N) is 1. The highest BCUT2D eigenvalue weighted by Gasteiger charge is 2.41. The van der Waals surface area contributed by atoms with Crippen LogP contribution in [0.1, 0.15) is 24.1 Å². The molecular weight excluding hydrogens is 304 g/mol. The molecule has 2 atom stereocenters. The molecule has 2 bridgehead atoms. The molecule has 2 aromatic heterocycles. The van der Waals surface area contributed by atoms with Gasteiger partial charge in [-0.25, -0.2) is 9.97 Å². The maximum Gasteiger partial charge on any atom is 0.229 e. The van der Waals surface area contributed by atoms with Gasteiger partial charge in [0.1, 0.15) is 12.4 Å². The van der Waals surface area contributed by atoms with Crippen LogP contribution in [0.4, 0.5) is 0 Å². The van der Waals surface area contributed by atoms with Crippen molar-refractivity contribution in [2.45, 2.75) is 32.8 Å². The van der Waals surface area contributed by atoms with E-state index in [1.807, 2.05) is 26.0 Å². The molecule has 3 heterocycles. The van der Waals surface area contributed by atoms with Crippen LogP contribution in [-0.4, -0.2) is 34.1 Å². The van der Waals surface area contributed by atoms with Crippen LogP contribution in [0.25, 0.3) is 0 Å². The molecule has 2 fully saturated rings. The van der Waals surface area contributed by atoms with Crippen molar-refractivity contribution in [3.05, 3.63) is 35.9 Å². The van der Waals surface area contributed by atoms with Crippen molar-refractivity contribution in [2.75, 3.05) is 13.1 Å². The summed E-state index contributed by atoms with van der Waals surface area (Å²) in [6.45, 7) is 5.92. The molecule has 0 amide bonds. The second kappa shape index (κ2) is 6.36. The minimum atomic E-state index is 0.243. The number of rotatable bonds is 4. The van der Waals surface area contributed by atoms with E-state index in [2.05, 4.69) is 20.3 Å². The van der Waals surface area contributed by atoms with Gasteiger partial charge >= 0.3 is 0 Å². The summed E-state index contributed by atoms with van der Waals surface area (Å²) in [5.41, 5.74) is 1.66. The highest BCUT2D eigenvalue weighted by molar-refractivity contribution is 5.37. The summed E-state index contributed by atoms with van der Waals surface area (Å²) < 4.78 is 12.2. The smallest absolute Gasteiger partial charge is 0.229 e. The standard InChI is InChI=1S/C18H22N4O2/c1-11-17(23-15-4-3-7-20-12(15)2)21-10-22-18(11)24-16-13-5-6-14(16)9-19-8-13/h3-4,7,10,13-14,16,19H,5-6,8-9H2,1-2H3. The maximum absolute atomic E-state index is 6.29. The monoisotopic (exact) mass is 326 g/mol. The lowest BCUT2D eigenvalue weighted by molar-refractivity contribution is 0.0872. The Kier molecular flexibility index (Phi) is 4.06. The van der Waals surface area contributed by atoms with Gasteiger partial charge in [0.25, 0.3) is 0 Å². The fourth-order valence-electron chi connectivity index (χ4n) is 3.68. The molecule has 2 unspecified atom stereocenters. The summed E-state index contributed by atoms with van der Waals surface area (Å²) in [5, 5.41) is 3.48. The van der Waals surface area contributed by atoms with Crippen LogP contribution >= 0.6 is 0 Å². The molecule has 6 heteroatoms. The van der Waals surface area contributed by atoms with E-state index in [0.29, 0.717) is 29.3 Å². The van der Waals surface area contributed by atoms with Gasteiger partial charge in [0.05, 0.1) is 11.3 Å². The lowest BCUT2D eigenvalue weighted by Gasteiger charge is -2.31. The number of aromatic nitrogens is 3. The van der Waals surface area contributed by atoms with Crippen molar-refractivity contribution in [3.63, 3.8) is 0 Å². The number of piperidine rings is 1. The summed E-state index contributed by atoms with van der Waals surface area (Å²) >= 11 is 0. The predicted molar refractivity (Wildman–Crippen MR) is 89.3 cm³/mol. The van der Waals surface area contributed by atoms with E-state index in [9.17, 15) is 0 Å². The van der Waals surface area contributed by atoms with Crippen LogP contribution in [-0.2, 0) is 0 Å². The first kappa shape index (κ1) is 15.3. The molecule has 1 saturated heterocycles. The summed E-state index contributed by atoms with van der Waals surface area (Å²) in [4.78, 5) is 12.9. The molecule has 0 spiro atoms. The van der Waals surface area contributed by atoms with E-state index in [4.69, 9.17) is 9.47 Å². The van der Waals surface area contributed by atoms with Crippen LogP contribution in [0, 0.1) is 25.7 Å². The van der Waals surface area contributed by atoms with Gasteiger partial charge in [-0.3, -0.25) is 4.98 Å². The fraction of sp³-hybridized carbons (Fsp3) is 0.500. The largest absolute Gasteiger partial charge is 0.473 e. The molecule has 0 aromatic carbocycles. The topological polar surface area (TPSA) is 69.2 Å². The first-order valence-corrected chi connectivity index (χ1v) is 8.51. The fourth-order valence-corrected chi connectivity index (χ4v) is 3.68. The van der Waals surface area contributed by atoms with Crippen molar-refractivity contribution < 1.29 is 9.47 Å². The van der Waals surface area contributed by atoms with Crippen LogP contribution in [0.15, 0.2) is 24.7 Å². The third-order valence-corrected chi connectivity index (χ3v) is 5.05. The van der Waals surface area contributed by atoms with Crippen molar-refractivity contribution in [2.24, 2.45) is 11.8 Å². The van der Waals surface area contributed by atoms with Crippen LogP contribution in [0.5, 0.6) is 17.5 Å². The first-order chi connectivity index (χ1) is 11.7.